The van der Waals surface area contributed by atoms with Crippen molar-refractivity contribution in [1.82, 2.24) is 0 Å². The van der Waals surface area contributed by atoms with Crippen LogP contribution in [0.1, 0.15) is 50.3 Å². The summed E-state index contributed by atoms with van der Waals surface area (Å²) in [6, 6.07) is 3.82. The summed E-state index contributed by atoms with van der Waals surface area (Å²) in [5.74, 6) is -0.477. The smallest absolute Gasteiger partial charge is 0.306 e. The minimum atomic E-state index is -0.572. The van der Waals surface area contributed by atoms with Crippen molar-refractivity contribution in [2.75, 3.05) is 19.8 Å². The largest absolute Gasteiger partial charge is 0.507 e. The van der Waals surface area contributed by atoms with Gasteiger partial charge in [-0.05, 0) is 57.2 Å². The minimum absolute atomic E-state index is 0.221. The molecule has 1 heterocycles. The summed E-state index contributed by atoms with van der Waals surface area (Å²) >= 11 is 0. The Morgan fingerprint density at radius 1 is 1.20 bits per heavy atom. The second-order valence-electron chi connectivity index (χ2n) is 7.57. The van der Waals surface area contributed by atoms with Crippen molar-refractivity contribution in [3.8, 4) is 5.75 Å². The second kappa shape index (κ2) is 7.75. The molecule has 25 heavy (non-hydrogen) atoms. The van der Waals surface area contributed by atoms with E-state index in [0.29, 0.717) is 38.4 Å². The Bertz CT molecular complexity index is 588. The summed E-state index contributed by atoms with van der Waals surface area (Å²) in [6.45, 7) is 10.9. The SMILES string of the molecule is CCC1(COC(=O)CCc2cc(C)c(O)c(C)c2)COC(C)(C)OC1. The number of rotatable bonds is 6. The number of carbonyl (C=O) groups excluding carboxylic acids is 1. The van der Waals surface area contributed by atoms with Crippen molar-refractivity contribution < 1.29 is 24.1 Å². The highest BCUT2D eigenvalue weighted by Gasteiger charge is 2.39. The molecule has 5 nitrogen and oxygen atoms in total. The van der Waals surface area contributed by atoms with E-state index < -0.39 is 5.79 Å². The first-order valence-electron chi connectivity index (χ1n) is 8.89. The van der Waals surface area contributed by atoms with E-state index in [9.17, 15) is 9.90 Å². The van der Waals surface area contributed by atoms with Crippen molar-refractivity contribution in [1.29, 1.82) is 0 Å². The monoisotopic (exact) mass is 350 g/mol. The molecule has 1 N–H and O–H groups in total. The molecule has 1 saturated heterocycles. The first-order chi connectivity index (χ1) is 11.7. The molecule has 1 aliphatic rings. The molecule has 0 aliphatic carbocycles. The molecular formula is C20H30O5. The van der Waals surface area contributed by atoms with E-state index in [0.717, 1.165) is 23.1 Å². The van der Waals surface area contributed by atoms with Crippen molar-refractivity contribution in [2.24, 2.45) is 5.41 Å². The summed E-state index contributed by atoms with van der Waals surface area (Å²) in [4.78, 5) is 12.1. The van der Waals surface area contributed by atoms with Crippen LogP contribution in [0.4, 0.5) is 0 Å². The Hall–Kier alpha value is -1.59. The van der Waals surface area contributed by atoms with Crippen LogP contribution in [-0.4, -0.2) is 36.7 Å². The van der Waals surface area contributed by atoms with Gasteiger partial charge in [0.2, 0.25) is 0 Å². The molecule has 1 aromatic rings. The molecule has 0 unspecified atom stereocenters. The Morgan fingerprint density at radius 3 is 2.28 bits per heavy atom. The number of phenols is 1. The predicted octanol–water partition coefficient (Wildman–Crippen LogP) is 3.66. The second-order valence-corrected chi connectivity index (χ2v) is 7.57. The molecule has 0 saturated carbocycles. The van der Waals surface area contributed by atoms with E-state index in [-0.39, 0.29) is 11.4 Å². The van der Waals surface area contributed by atoms with E-state index in [1.165, 1.54) is 0 Å². The number of esters is 1. The maximum Gasteiger partial charge on any atom is 0.306 e. The molecule has 5 heteroatoms. The van der Waals surface area contributed by atoms with Gasteiger partial charge in [0.15, 0.2) is 5.79 Å². The van der Waals surface area contributed by atoms with Crippen LogP contribution in [0.2, 0.25) is 0 Å². The fraction of sp³-hybridized carbons (Fsp3) is 0.650. The van der Waals surface area contributed by atoms with Crippen LogP contribution in [-0.2, 0) is 25.4 Å². The van der Waals surface area contributed by atoms with Crippen molar-refractivity contribution in [3.63, 3.8) is 0 Å². The average Bonchev–Trinajstić information content (AvgIpc) is 2.57. The molecule has 0 atom stereocenters. The highest BCUT2D eigenvalue weighted by molar-refractivity contribution is 5.69. The van der Waals surface area contributed by atoms with Gasteiger partial charge in [-0.2, -0.15) is 0 Å². The van der Waals surface area contributed by atoms with Gasteiger partial charge in [-0.3, -0.25) is 4.79 Å². The maximum absolute atomic E-state index is 12.1. The minimum Gasteiger partial charge on any atom is -0.507 e. The van der Waals surface area contributed by atoms with Gasteiger partial charge in [0.05, 0.1) is 18.6 Å². The Kier molecular flexibility index (Phi) is 6.12. The summed E-state index contributed by atoms with van der Waals surface area (Å²) in [5.41, 5.74) is 2.41. The van der Waals surface area contributed by atoms with Crippen LogP contribution < -0.4 is 0 Å². The van der Waals surface area contributed by atoms with Crippen LogP contribution in [0.15, 0.2) is 12.1 Å². The lowest BCUT2D eigenvalue weighted by molar-refractivity contribution is -0.291. The summed E-state index contributed by atoms with van der Waals surface area (Å²) < 4.78 is 17.0. The van der Waals surface area contributed by atoms with Crippen LogP contribution in [0.3, 0.4) is 0 Å². The average molecular weight is 350 g/mol. The van der Waals surface area contributed by atoms with Gasteiger partial charge in [0.25, 0.3) is 0 Å². The van der Waals surface area contributed by atoms with Crippen LogP contribution in [0.5, 0.6) is 5.75 Å². The number of phenolic OH excluding ortho intramolecular Hbond substituents is 1. The first kappa shape index (κ1) is 19.7. The first-order valence-corrected chi connectivity index (χ1v) is 8.89. The standard InChI is InChI=1S/C20H30O5/c1-6-20(12-24-19(4,5)25-13-20)11-23-17(21)8-7-16-9-14(2)18(22)15(3)10-16/h9-10,22H,6-8,11-13H2,1-5H3. The highest BCUT2D eigenvalue weighted by atomic mass is 16.7. The van der Waals surface area contributed by atoms with Crippen molar-refractivity contribution >= 4 is 5.97 Å². The van der Waals surface area contributed by atoms with Gasteiger partial charge in [0, 0.05) is 6.42 Å². The fourth-order valence-electron chi connectivity index (χ4n) is 2.87. The highest BCUT2D eigenvalue weighted by Crippen LogP contribution is 2.33. The third-order valence-corrected chi connectivity index (χ3v) is 4.91. The third kappa shape index (κ3) is 5.19. The molecule has 0 radical (unpaired) electrons. The summed E-state index contributed by atoms with van der Waals surface area (Å²) in [6.07, 6.45) is 1.74. The fourth-order valence-corrected chi connectivity index (χ4v) is 2.87. The van der Waals surface area contributed by atoms with Crippen LogP contribution in [0, 0.1) is 19.3 Å². The van der Waals surface area contributed by atoms with Gasteiger partial charge in [-0.15, -0.1) is 0 Å². The van der Waals surface area contributed by atoms with Gasteiger partial charge in [0.1, 0.15) is 12.4 Å². The Morgan fingerprint density at radius 2 is 1.76 bits per heavy atom. The molecule has 0 amide bonds. The molecule has 2 rings (SSSR count). The molecule has 140 valence electrons. The number of benzene rings is 1. The molecule has 0 spiro atoms. The quantitative estimate of drug-likeness (QED) is 0.793. The van der Waals surface area contributed by atoms with Crippen LogP contribution >= 0.6 is 0 Å². The van der Waals surface area contributed by atoms with Crippen molar-refractivity contribution in [2.45, 2.75) is 59.7 Å². The normalized spacial score (nSPS) is 18.8. The van der Waals surface area contributed by atoms with Gasteiger partial charge in [-0.25, -0.2) is 0 Å². The number of aryl methyl sites for hydroxylation is 3. The van der Waals surface area contributed by atoms with E-state index in [1.807, 2.05) is 39.8 Å². The van der Waals surface area contributed by atoms with Crippen LogP contribution in [0.25, 0.3) is 0 Å². The Balaban J connectivity index is 1.84. The lowest BCUT2D eigenvalue weighted by atomic mass is 9.87. The van der Waals surface area contributed by atoms with E-state index >= 15 is 0 Å². The molecule has 1 fully saturated rings. The number of ether oxygens (including phenoxy) is 3. The van der Waals surface area contributed by atoms with E-state index in [4.69, 9.17) is 14.2 Å². The van der Waals surface area contributed by atoms with E-state index in [2.05, 4.69) is 6.92 Å². The number of aromatic hydroxyl groups is 1. The zero-order chi connectivity index (χ0) is 18.7. The van der Waals surface area contributed by atoms with Gasteiger partial charge in [-0.1, -0.05) is 19.1 Å². The maximum atomic E-state index is 12.1. The zero-order valence-corrected chi connectivity index (χ0v) is 16.0. The predicted molar refractivity (Wildman–Crippen MR) is 95.6 cm³/mol. The summed E-state index contributed by atoms with van der Waals surface area (Å²) in [5, 5.41) is 9.81. The topological polar surface area (TPSA) is 65.0 Å². The number of hydrogen-bond acceptors (Lipinski definition) is 5. The zero-order valence-electron chi connectivity index (χ0n) is 16.0. The Labute approximate surface area is 150 Å². The van der Waals surface area contributed by atoms with Gasteiger partial charge >= 0.3 is 5.97 Å². The third-order valence-electron chi connectivity index (χ3n) is 4.91. The molecular weight excluding hydrogens is 320 g/mol. The van der Waals surface area contributed by atoms with Crippen molar-refractivity contribution in [3.05, 3.63) is 28.8 Å². The van der Waals surface area contributed by atoms with Gasteiger partial charge < -0.3 is 19.3 Å². The number of hydrogen-bond donors (Lipinski definition) is 1. The molecule has 0 aromatic heterocycles. The molecule has 1 aliphatic heterocycles. The lowest BCUT2D eigenvalue weighted by Crippen LogP contribution is -2.48. The lowest BCUT2D eigenvalue weighted by Gasteiger charge is -2.42. The summed E-state index contributed by atoms with van der Waals surface area (Å²) in [7, 11) is 0. The number of carbonyl (C=O) groups is 1. The van der Waals surface area contributed by atoms with E-state index in [1.54, 1.807) is 0 Å². The molecule has 1 aromatic carbocycles. The molecule has 0 bridgehead atoms.